The van der Waals surface area contributed by atoms with Gasteiger partial charge in [-0.3, -0.25) is 4.79 Å². The van der Waals surface area contributed by atoms with Crippen LogP contribution in [0.25, 0.3) is 10.9 Å². The third-order valence-corrected chi connectivity index (χ3v) is 6.66. The summed E-state index contributed by atoms with van der Waals surface area (Å²) in [6.07, 6.45) is 4.90. The van der Waals surface area contributed by atoms with Gasteiger partial charge in [0.25, 0.3) is 0 Å². The first kappa shape index (κ1) is 14.2. The van der Waals surface area contributed by atoms with Crippen molar-refractivity contribution in [2.24, 2.45) is 5.92 Å². The molecule has 1 aliphatic carbocycles. The Morgan fingerprint density at radius 3 is 2.87 bits per heavy atom. The molecule has 120 valence electrons. The van der Waals surface area contributed by atoms with Crippen LogP contribution in [0.2, 0.25) is 10.0 Å². The highest BCUT2D eigenvalue weighted by molar-refractivity contribution is 6.40. The molecule has 1 amide bonds. The fraction of sp³-hybridized carbons (Fsp3) is 0.500. The van der Waals surface area contributed by atoms with Gasteiger partial charge in [0.15, 0.2) is 0 Å². The molecule has 0 bridgehead atoms. The standard InChI is InChI=1S/C18H18Cl2N2O/c19-11-4-5-12(20)17-16(11)15-10-6-7-22-14(23)3-1-2-9(18(10)22)8-13(15)21-17/h4-5,9-10,18,21H,1-3,6-8H2/t9-,10+,18+/m0/s1. The van der Waals surface area contributed by atoms with Crippen LogP contribution in [0.4, 0.5) is 0 Å². The summed E-state index contributed by atoms with van der Waals surface area (Å²) in [6.45, 7) is 0.884. The highest BCUT2D eigenvalue weighted by atomic mass is 35.5. The van der Waals surface area contributed by atoms with Crippen LogP contribution in [-0.2, 0) is 11.2 Å². The fourth-order valence-electron chi connectivity index (χ4n) is 5.20. The van der Waals surface area contributed by atoms with E-state index in [9.17, 15) is 4.79 Å². The number of carbonyl (C=O) groups excluding carboxylic acids is 1. The van der Waals surface area contributed by atoms with E-state index in [1.165, 1.54) is 11.3 Å². The van der Waals surface area contributed by atoms with E-state index in [0.29, 0.717) is 30.2 Å². The number of amides is 1. The molecular weight excluding hydrogens is 331 g/mol. The lowest BCUT2D eigenvalue weighted by atomic mass is 9.74. The van der Waals surface area contributed by atoms with Crippen molar-refractivity contribution in [3.05, 3.63) is 33.4 Å². The Morgan fingerprint density at radius 2 is 2.00 bits per heavy atom. The minimum atomic E-state index is 0.340. The maximum atomic E-state index is 12.4. The first-order valence-electron chi connectivity index (χ1n) is 8.43. The zero-order valence-corrected chi connectivity index (χ0v) is 14.3. The largest absolute Gasteiger partial charge is 0.357 e. The zero-order chi connectivity index (χ0) is 15.7. The number of aromatic nitrogens is 1. The average molecular weight is 349 g/mol. The second kappa shape index (κ2) is 4.90. The third kappa shape index (κ3) is 1.87. The van der Waals surface area contributed by atoms with Gasteiger partial charge in [-0.25, -0.2) is 0 Å². The third-order valence-electron chi connectivity index (χ3n) is 6.03. The summed E-state index contributed by atoms with van der Waals surface area (Å²) >= 11 is 12.9. The van der Waals surface area contributed by atoms with Crippen molar-refractivity contribution < 1.29 is 4.79 Å². The Labute approximate surface area is 144 Å². The predicted octanol–water partition coefficient (Wildman–Crippen LogP) is 4.52. The summed E-state index contributed by atoms with van der Waals surface area (Å²) in [5.41, 5.74) is 3.58. The number of H-pyrrole nitrogens is 1. The highest BCUT2D eigenvalue weighted by Gasteiger charge is 2.48. The van der Waals surface area contributed by atoms with Crippen molar-refractivity contribution in [2.75, 3.05) is 6.54 Å². The first-order valence-corrected chi connectivity index (χ1v) is 9.18. The molecule has 1 aromatic carbocycles. The van der Waals surface area contributed by atoms with Gasteiger partial charge in [-0.05, 0) is 49.3 Å². The quantitative estimate of drug-likeness (QED) is 0.746. The summed E-state index contributed by atoms with van der Waals surface area (Å²) in [5.74, 6) is 1.30. The number of carbonyl (C=O) groups is 1. The molecule has 3 nitrogen and oxygen atoms in total. The Morgan fingerprint density at radius 1 is 1.17 bits per heavy atom. The number of hydrogen-bond donors (Lipinski definition) is 1. The number of halogens is 2. The van der Waals surface area contributed by atoms with E-state index >= 15 is 0 Å². The molecule has 23 heavy (non-hydrogen) atoms. The lowest BCUT2D eigenvalue weighted by Gasteiger charge is -2.37. The van der Waals surface area contributed by atoms with E-state index in [4.69, 9.17) is 23.2 Å². The second-order valence-electron chi connectivity index (χ2n) is 7.13. The van der Waals surface area contributed by atoms with Crippen LogP contribution >= 0.6 is 23.2 Å². The maximum absolute atomic E-state index is 12.4. The van der Waals surface area contributed by atoms with Crippen molar-refractivity contribution in [2.45, 2.75) is 44.1 Å². The van der Waals surface area contributed by atoms with E-state index in [1.54, 1.807) is 0 Å². The number of nitrogens with one attached hydrogen (secondary N) is 1. The molecule has 3 atom stereocenters. The maximum Gasteiger partial charge on any atom is 0.222 e. The van der Waals surface area contributed by atoms with Gasteiger partial charge in [-0.1, -0.05) is 23.2 Å². The van der Waals surface area contributed by atoms with Gasteiger partial charge in [0, 0.05) is 36.0 Å². The molecule has 5 rings (SSSR count). The SMILES string of the molecule is O=C1CCC[C@H]2Cc3[nH]c4c(Cl)ccc(Cl)c4c3[C@H]3CCN1[C@H]23. The lowest BCUT2D eigenvalue weighted by molar-refractivity contribution is -0.132. The Balaban J connectivity index is 1.74. The van der Waals surface area contributed by atoms with Crippen molar-refractivity contribution in [3.63, 3.8) is 0 Å². The molecular formula is C18H18Cl2N2O. The molecule has 2 saturated heterocycles. The van der Waals surface area contributed by atoms with Crippen LogP contribution in [-0.4, -0.2) is 28.4 Å². The van der Waals surface area contributed by atoms with E-state index in [1.807, 2.05) is 12.1 Å². The summed E-state index contributed by atoms with van der Waals surface area (Å²) in [4.78, 5) is 18.1. The van der Waals surface area contributed by atoms with Gasteiger partial charge in [-0.2, -0.15) is 0 Å². The topological polar surface area (TPSA) is 36.1 Å². The molecule has 3 aliphatic rings. The second-order valence-corrected chi connectivity index (χ2v) is 7.94. The number of fused-ring (bicyclic) bond motifs is 4. The molecule has 1 aromatic heterocycles. The van der Waals surface area contributed by atoms with Gasteiger partial charge < -0.3 is 9.88 Å². The van der Waals surface area contributed by atoms with Crippen molar-refractivity contribution in [1.82, 2.24) is 9.88 Å². The van der Waals surface area contributed by atoms with Gasteiger partial charge in [0.05, 0.1) is 15.6 Å². The molecule has 3 heterocycles. The fourth-order valence-corrected chi connectivity index (χ4v) is 5.66. The smallest absolute Gasteiger partial charge is 0.222 e. The first-order chi connectivity index (χ1) is 11.1. The van der Waals surface area contributed by atoms with Crippen molar-refractivity contribution in [3.8, 4) is 0 Å². The molecule has 2 fully saturated rings. The van der Waals surface area contributed by atoms with Crippen LogP contribution in [0.1, 0.15) is 42.9 Å². The highest BCUT2D eigenvalue weighted by Crippen LogP contribution is 2.51. The number of benzene rings is 1. The van der Waals surface area contributed by atoms with Gasteiger partial charge in [0.2, 0.25) is 5.91 Å². The average Bonchev–Trinajstić information content (AvgIpc) is 3.08. The molecule has 0 radical (unpaired) electrons. The number of hydrogen-bond acceptors (Lipinski definition) is 1. The number of nitrogens with zero attached hydrogens (tertiary/aromatic N) is 1. The normalized spacial score (nSPS) is 29.6. The summed E-state index contributed by atoms with van der Waals surface area (Å²) in [7, 11) is 0. The minimum absolute atomic E-state index is 0.340. The predicted molar refractivity (Wildman–Crippen MR) is 92.2 cm³/mol. The van der Waals surface area contributed by atoms with Gasteiger partial charge in [0.1, 0.15) is 0 Å². The van der Waals surface area contributed by atoms with E-state index in [2.05, 4.69) is 9.88 Å². The Bertz CT molecular complexity index is 828. The van der Waals surface area contributed by atoms with E-state index in [0.717, 1.165) is 53.2 Å². The van der Waals surface area contributed by atoms with E-state index in [-0.39, 0.29) is 0 Å². The van der Waals surface area contributed by atoms with Crippen LogP contribution in [0.15, 0.2) is 12.1 Å². The van der Waals surface area contributed by atoms with Crippen LogP contribution in [0.5, 0.6) is 0 Å². The number of rotatable bonds is 0. The minimum Gasteiger partial charge on any atom is -0.357 e. The van der Waals surface area contributed by atoms with Crippen LogP contribution in [0.3, 0.4) is 0 Å². The molecule has 0 unspecified atom stereocenters. The van der Waals surface area contributed by atoms with Gasteiger partial charge >= 0.3 is 0 Å². The monoisotopic (exact) mass is 348 g/mol. The molecule has 1 N–H and O–H groups in total. The summed E-state index contributed by atoms with van der Waals surface area (Å²) in [6, 6.07) is 4.10. The van der Waals surface area contributed by atoms with Crippen LogP contribution < -0.4 is 0 Å². The van der Waals surface area contributed by atoms with Crippen LogP contribution in [0, 0.1) is 5.92 Å². The zero-order valence-electron chi connectivity index (χ0n) is 12.7. The molecule has 0 saturated carbocycles. The van der Waals surface area contributed by atoms with Crippen molar-refractivity contribution in [1.29, 1.82) is 0 Å². The van der Waals surface area contributed by atoms with E-state index < -0.39 is 0 Å². The summed E-state index contributed by atoms with van der Waals surface area (Å²) < 4.78 is 0. The molecule has 5 heteroatoms. The lowest BCUT2D eigenvalue weighted by Crippen LogP contribution is -2.43. The Kier molecular flexibility index (Phi) is 3.02. The van der Waals surface area contributed by atoms with Gasteiger partial charge in [-0.15, -0.1) is 0 Å². The summed E-state index contributed by atoms with van der Waals surface area (Å²) in [5, 5.41) is 2.57. The molecule has 2 aromatic rings. The van der Waals surface area contributed by atoms with Crippen molar-refractivity contribution >= 4 is 40.0 Å². The Hall–Kier alpha value is -1.19. The molecule has 0 spiro atoms. The number of aromatic amines is 1. The molecule has 2 aliphatic heterocycles.